The van der Waals surface area contributed by atoms with E-state index in [2.05, 4.69) is 21.8 Å². The number of sulfonamides is 1. The third kappa shape index (κ3) is 6.87. The summed E-state index contributed by atoms with van der Waals surface area (Å²) in [7, 11) is -5.98. The number of nitrogens with one attached hydrogen (secondary N) is 2. The van der Waals surface area contributed by atoms with E-state index in [9.17, 15) is 40.1 Å². The molecule has 0 bridgehead atoms. The number of hydrogen-bond donors (Lipinski definition) is 3. The van der Waals surface area contributed by atoms with E-state index in [1.54, 1.807) is 0 Å². The van der Waals surface area contributed by atoms with Crippen LogP contribution in [0.3, 0.4) is 0 Å². The Hall–Kier alpha value is -3.20. The van der Waals surface area contributed by atoms with Crippen LogP contribution in [0.15, 0.2) is 35.4 Å². The van der Waals surface area contributed by atoms with E-state index in [4.69, 9.17) is 5.73 Å². The topological polar surface area (TPSA) is 180 Å². The van der Waals surface area contributed by atoms with Crippen molar-refractivity contribution < 1.29 is 34.8 Å². The number of halogens is 3. The van der Waals surface area contributed by atoms with E-state index in [1.165, 1.54) is 25.0 Å². The number of nitrogens with two attached hydrogens (primary N) is 1. The lowest BCUT2D eigenvalue weighted by molar-refractivity contribution is -0.0436. The van der Waals surface area contributed by atoms with Crippen LogP contribution in [-0.4, -0.2) is 74.8 Å². The fraction of sp³-hybridized carbons (Fsp3) is 0.500. The van der Waals surface area contributed by atoms with Gasteiger partial charge in [0.1, 0.15) is 5.56 Å². The highest BCUT2D eigenvalue weighted by molar-refractivity contribution is 7.92. The molecule has 0 saturated heterocycles. The first kappa shape index (κ1) is 30.3. The molecule has 2 aromatic rings. The Morgan fingerprint density at radius 2 is 1.85 bits per heavy atom. The fourth-order valence-electron chi connectivity index (χ4n) is 4.19. The van der Waals surface area contributed by atoms with Crippen LogP contribution < -0.4 is 16.4 Å². The number of hydrogen-bond acceptors (Lipinski definition) is 9. The maximum Gasteiger partial charge on any atom is 0.501 e. The van der Waals surface area contributed by atoms with Gasteiger partial charge in [0, 0.05) is 38.6 Å². The van der Waals surface area contributed by atoms with E-state index in [0.717, 1.165) is 28.6 Å². The highest BCUT2D eigenvalue weighted by Gasteiger charge is 2.46. The number of sulfone groups is 1. The first-order valence-corrected chi connectivity index (χ1v) is 14.8. The summed E-state index contributed by atoms with van der Waals surface area (Å²) in [5.74, 6) is -1.47. The molecule has 1 unspecified atom stereocenters. The zero-order valence-corrected chi connectivity index (χ0v) is 22.6. The van der Waals surface area contributed by atoms with Gasteiger partial charge in [-0.25, -0.2) is 21.1 Å². The minimum absolute atomic E-state index is 0.0141. The zero-order chi connectivity index (χ0) is 29.2. The van der Waals surface area contributed by atoms with E-state index in [-0.39, 0.29) is 35.4 Å². The summed E-state index contributed by atoms with van der Waals surface area (Å²) < 4.78 is 88.0. The third-order valence-corrected chi connectivity index (χ3v) is 9.73. The van der Waals surface area contributed by atoms with Gasteiger partial charge in [-0.3, -0.25) is 9.48 Å². The number of anilines is 2. The van der Waals surface area contributed by atoms with Gasteiger partial charge in [0.05, 0.1) is 28.7 Å². The summed E-state index contributed by atoms with van der Waals surface area (Å²) in [6.45, 7) is 0.221. The molecule has 1 aliphatic rings. The minimum atomic E-state index is -5.52. The first-order valence-electron chi connectivity index (χ1n) is 11.7. The molecular formula is C22H28F3N7O5S2. The van der Waals surface area contributed by atoms with Crippen LogP contribution in [0, 0.1) is 17.2 Å². The molecule has 12 nitrogen and oxygen atoms in total. The molecule has 1 aliphatic carbocycles. The van der Waals surface area contributed by atoms with Crippen molar-refractivity contribution in [1.29, 1.82) is 5.26 Å². The molecule has 17 heteroatoms. The molecule has 1 fully saturated rings. The maximum atomic E-state index is 12.8. The van der Waals surface area contributed by atoms with Gasteiger partial charge >= 0.3 is 5.51 Å². The zero-order valence-electron chi connectivity index (χ0n) is 21.0. The number of primary amides is 1. The lowest BCUT2D eigenvalue weighted by Crippen LogP contribution is -2.41. The second-order valence-corrected chi connectivity index (χ2v) is 13.4. The van der Waals surface area contributed by atoms with E-state index in [1.807, 2.05) is 0 Å². The highest BCUT2D eigenvalue weighted by atomic mass is 32.2. The normalized spacial score (nSPS) is 20.5. The second-order valence-electron chi connectivity index (χ2n) is 9.20. The molecule has 3 rings (SSSR count). The van der Waals surface area contributed by atoms with Gasteiger partial charge in [-0.05, 0) is 43.5 Å². The number of carbonyl (C=O) groups excluding carboxylic acids is 1. The lowest BCUT2D eigenvalue weighted by Gasteiger charge is -2.33. The molecule has 3 atom stereocenters. The lowest BCUT2D eigenvalue weighted by atomic mass is 9.82. The molecule has 0 aliphatic heterocycles. The quantitative estimate of drug-likeness (QED) is 0.371. The van der Waals surface area contributed by atoms with Crippen LogP contribution in [0.2, 0.25) is 0 Å². The van der Waals surface area contributed by atoms with Crippen LogP contribution >= 0.6 is 0 Å². The van der Waals surface area contributed by atoms with Crippen molar-refractivity contribution in [3.05, 3.63) is 36.0 Å². The molecule has 1 aromatic heterocycles. The molecular weight excluding hydrogens is 563 g/mol. The summed E-state index contributed by atoms with van der Waals surface area (Å²) in [5.41, 5.74) is 0.147. The van der Waals surface area contributed by atoms with Gasteiger partial charge in [0.25, 0.3) is 15.7 Å². The molecule has 0 spiro atoms. The molecule has 214 valence electrons. The molecule has 4 N–H and O–H groups in total. The molecule has 0 radical (unpaired) electrons. The van der Waals surface area contributed by atoms with Crippen molar-refractivity contribution in [2.75, 3.05) is 31.7 Å². The van der Waals surface area contributed by atoms with Crippen LogP contribution in [0.1, 0.15) is 35.7 Å². The Morgan fingerprint density at radius 1 is 1.21 bits per heavy atom. The number of benzene rings is 1. The molecule has 1 aromatic carbocycles. The van der Waals surface area contributed by atoms with Crippen molar-refractivity contribution in [2.24, 2.45) is 11.7 Å². The van der Waals surface area contributed by atoms with Crippen LogP contribution in [0.25, 0.3) is 0 Å². The van der Waals surface area contributed by atoms with Gasteiger partial charge in [-0.1, -0.05) is 0 Å². The average molecular weight is 592 g/mol. The first-order chi connectivity index (χ1) is 18.1. The standard InChI is InChI=1S/C22H28F3N7O5S2/c1-31(2)38(34,35)10-9-28-16-5-8-19(14(11-16)12-26)32-13-18(20(27)33)21(30-32)29-15-3-6-17(7-4-15)39(36,37)22(23,24)25/h3-4,6-7,13-14,16,19,28H,5,8-11H2,1-2H3,(H2,27,33)(H,29,30)/t14-,16?,19+/m1/s1. The van der Waals surface area contributed by atoms with Crippen molar-refractivity contribution in [1.82, 2.24) is 19.4 Å². The van der Waals surface area contributed by atoms with Crippen LogP contribution in [-0.2, 0) is 19.9 Å². The summed E-state index contributed by atoms with van der Waals surface area (Å²) in [5, 5.41) is 20.1. The van der Waals surface area contributed by atoms with Crippen LogP contribution in [0.4, 0.5) is 24.7 Å². The minimum Gasteiger partial charge on any atom is -0.365 e. The third-order valence-electron chi connectivity index (χ3n) is 6.40. The molecule has 1 heterocycles. The van der Waals surface area contributed by atoms with Crippen molar-refractivity contribution in [3.8, 4) is 6.07 Å². The summed E-state index contributed by atoms with van der Waals surface area (Å²) in [6, 6.07) is 5.44. The highest BCUT2D eigenvalue weighted by Crippen LogP contribution is 2.35. The number of rotatable bonds is 10. The summed E-state index contributed by atoms with van der Waals surface area (Å²) in [4.78, 5) is 11.1. The Bertz CT molecular complexity index is 1450. The Balaban J connectivity index is 1.74. The van der Waals surface area contributed by atoms with E-state index >= 15 is 0 Å². The van der Waals surface area contributed by atoms with Gasteiger partial charge in [0.2, 0.25) is 10.0 Å². The molecule has 1 amide bonds. The Kier molecular flexibility index (Phi) is 8.95. The Labute approximate surface area is 223 Å². The number of amides is 1. The predicted molar refractivity (Wildman–Crippen MR) is 135 cm³/mol. The smallest absolute Gasteiger partial charge is 0.365 e. The predicted octanol–water partition coefficient (Wildman–Crippen LogP) is 1.73. The summed E-state index contributed by atoms with van der Waals surface area (Å²) in [6.07, 6.45) is 2.88. The van der Waals surface area contributed by atoms with Crippen LogP contribution in [0.5, 0.6) is 0 Å². The fourth-order valence-corrected chi connectivity index (χ4v) is 5.69. The largest absolute Gasteiger partial charge is 0.501 e. The molecule has 39 heavy (non-hydrogen) atoms. The van der Waals surface area contributed by atoms with E-state index < -0.39 is 48.1 Å². The van der Waals surface area contributed by atoms with E-state index in [0.29, 0.717) is 19.3 Å². The number of alkyl halides is 3. The van der Waals surface area contributed by atoms with Gasteiger partial charge < -0.3 is 16.4 Å². The maximum absolute atomic E-state index is 12.8. The van der Waals surface area contributed by atoms with Crippen molar-refractivity contribution in [3.63, 3.8) is 0 Å². The van der Waals surface area contributed by atoms with Crippen molar-refractivity contribution in [2.45, 2.75) is 41.7 Å². The summed E-state index contributed by atoms with van der Waals surface area (Å²) >= 11 is 0. The van der Waals surface area contributed by atoms with Gasteiger partial charge in [-0.15, -0.1) is 0 Å². The Morgan fingerprint density at radius 3 is 2.38 bits per heavy atom. The van der Waals surface area contributed by atoms with Crippen molar-refractivity contribution >= 4 is 37.3 Å². The number of nitrogens with zero attached hydrogens (tertiary/aromatic N) is 4. The number of nitriles is 1. The van der Waals surface area contributed by atoms with Gasteiger partial charge in [0.15, 0.2) is 5.82 Å². The average Bonchev–Trinajstić information content (AvgIpc) is 3.27. The number of carbonyl (C=O) groups is 1. The SMILES string of the molecule is CN(C)S(=O)(=O)CCNC1CC[C@H](n2cc(C(N)=O)c(Nc3ccc(S(=O)(=O)C(F)(F)F)cc3)n2)[C@@H](C#N)C1. The number of aromatic nitrogens is 2. The monoisotopic (exact) mass is 591 g/mol. The second kappa shape index (κ2) is 11.5. The van der Waals surface area contributed by atoms with Gasteiger partial charge in [-0.2, -0.15) is 23.5 Å². The molecule has 1 saturated carbocycles.